The van der Waals surface area contributed by atoms with Gasteiger partial charge in [-0.1, -0.05) is 6.07 Å². The minimum absolute atomic E-state index is 0.271. The minimum atomic E-state index is 0.271. The molecule has 0 spiro atoms. The van der Waals surface area contributed by atoms with Crippen molar-refractivity contribution in [2.75, 3.05) is 0 Å². The van der Waals surface area contributed by atoms with E-state index in [9.17, 15) is 4.79 Å². The number of benzene rings is 1. The second-order valence-corrected chi connectivity index (χ2v) is 5.23. The molecule has 0 unspecified atom stereocenters. The summed E-state index contributed by atoms with van der Waals surface area (Å²) in [5.41, 5.74) is 10.6. The molecule has 2 N–H and O–H groups in total. The summed E-state index contributed by atoms with van der Waals surface area (Å²) >= 11 is 0. The second-order valence-electron chi connectivity index (χ2n) is 5.23. The maximum absolute atomic E-state index is 11.7. The van der Waals surface area contributed by atoms with Gasteiger partial charge >= 0.3 is 0 Å². The Bertz CT molecular complexity index is 435. The van der Waals surface area contributed by atoms with E-state index in [0.29, 0.717) is 12.2 Å². The monoisotopic (exact) mass is 231 g/mol. The number of rotatable bonds is 4. The van der Waals surface area contributed by atoms with E-state index >= 15 is 0 Å². The molecule has 2 heteroatoms. The maximum atomic E-state index is 11.7. The van der Waals surface area contributed by atoms with Crippen LogP contribution in [0.4, 0.5) is 0 Å². The van der Waals surface area contributed by atoms with Crippen molar-refractivity contribution in [1.82, 2.24) is 0 Å². The van der Waals surface area contributed by atoms with Gasteiger partial charge in [-0.15, -0.1) is 0 Å². The summed E-state index contributed by atoms with van der Waals surface area (Å²) in [4.78, 5) is 11.7. The molecule has 0 amide bonds. The third kappa shape index (κ3) is 2.75. The van der Waals surface area contributed by atoms with Crippen LogP contribution in [-0.4, -0.2) is 11.8 Å². The molecule has 0 fully saturated rings. The van der Waals surface area contributed by atoms with Gasteiger partial charge in [0.15, 0.2) is 5.78 Å². The van der Waals surface area contributed by atoms with Gasteiger partial charge in [0.05, 0.1) is 0 Å². The highest BCUT2D eigenvalue weighted by molar-refractivity contribution is 6.00. The molecule has 0 bridgehead atoms. The highest BCUT2D eigenvalue weighted by atomic mass is 16.1. The number of ketones is 1. The van der Waals surface area contributed by atoms with Crippen LogP contribution in [-0.2, 0) is 12.8 Å². The molecule has 1 aromatic rings. The number of hydrogen-bond acceptors (Lipinski definition) is 2. The number of aryl methyl sites for hydroxylation is 2. The fourth-order valence-corrected chi connectivity index (χ4v) is 2.62. The second kappa shape index (κ2) is 5.01. The number of carbonyl (C=O) groups excluding carboxylic acids is 1. The van der Waals surface area contributed by atoms with Gasteiger partial charge in [0.1, 0.15) is 0 Å². The van der Waals surface area contributed by atoms with Crippen LogP contribution in [0.2, 0.25) is 0 Å². The molecule has 0 aromatic heterocycles. The lowest BCUT2D eigenvalue weighted by molar-refractivity contribution is 0.0994. The topological polar surface area (TPSA) is 43.1 Å². The molecule has 1 aliphatic carbocycles. The van der Waals surface area contributed by atoms with Gasteiger partial charge < -0.3 is 5.73 Å². The summed E-state index contributed by atoms with van der Waals surface area (Å²) in [5, 5.41) is 0. The molecule has 0 saturated heterocycles. The van der Waals surface area contributed by atoms with Crippen LogP contribution in [0.25, 0.3) is 0 Å². The van der Waals surface area contributed by atoms with Gasteiger partial charge in [-0.2, -0.15) is 0 Å². The molecule has 1 atom stereocenters. The molecule has 17 heavy (non-hydrogen) atoms. The van der Waals surface area contributed by atoms with E-state index in [-0.39, 0.29) is 6.04 Å². The summed E-state index contributed by atoms with van der Waals surface area (Å²) in [6, 6.07) is 4.60. The standard InChI is InChI=1S/C15H21NO/c1-10-8-12(5-3-4-11(2)16)9-14-13(10)6-7-15(14)17/h8-9,11H,3-7,16H2,1-2H3/t11-/m0/s1. The van der Waals surface area contributed by atoms with Gasteiger partial charge in [0.2, 0.25) is 0 Å². The van der Waals surface area contributed by atoms with Crippen molar-refractivity contribution in [2.24, 2.45) is 5.73 Å². The van der Waals surface area contributed by atoms with Crippen LogP contribution in [0.15, 0.2) is 12.1 Å². The van der Waals surface area contributed by atoms with E-state index in [1.54, 1.807) is 0 Å². The fraction of sp³-hybridized carbons (Fsp3) is 0.533. The molecule has 1 aromatic carbocycles. The highest BCUT2D eigenvalue weighted by Gasteiger charge is 2.21. The number of nitrogens with two attached hydrogens (primary N) is 1. The van der Waals surface area contributed by atoms with Crippen LogP contribution in [0.3, 0.4) is 0 Å². The van der Waals surface area contributed by atoms with Gasteiger partial charge in [0.25, 0.3) is 0 Å². The fourth-order valence-electron chi connectivity index (χ4n) is 2.62. The van der Waals surface area contributed by atoms with Crippen LogP contribution in [0.5, 0.6) is 0 Å². The first-order valence-corrected chi connectivity index (χ1v) is 6.49. The number of fused-ring (bicyclic) bond motifs is 1. The van der Waals surface area contributed by atoms with E-state index in [4.69, 9.17) is 5.73 Å². The van der Waals surface area contributed by atoms with Gasteiger partial charge in [-0.25, -0.2) is 0 Å². The van der Waals surface area contributed by atoms with Crippen molar-refractivity contribution >= 4 is 5.78 Å². The number of carbonyl (C=O) groups is 1. The van der Waals surface area contributed by atoms with Crippen LogP contribution < -0.4 is 5.73 Å². The zero-order valence-corrected chi connectivity index (χ0v) is 10.8. The van der Waals surface area contributed by atoms with Crippen molar-refractivity contribution in [3.05, 3.63) is 34.4 Å². The molecule has 2 rings (SSSR count). The molecule has 0 saturated carbocycles. The molecule has 2 nitrogen and oxygen atoms in total. The Balaban J connectivity index is 2.12. The third-order valence-electron chi connectivity index (χ3n) is 3.56. The van der Waals surface area contributed by atoms with Gasteiger partial charge in [0, 0.05) is 18.0 Å². The molecule has 1 aliphatic rings. The molecule has 92 valence electrons. The maximum Gasteiger partial charge on any atom is 0.163 e. The lowest BCUT2D eigenvalue weighted by Crippen LogP contribution is -2.14. The zero-order chi connectivity index (χ0) is 12.4. The number of Topliss-reactive ketones (excluding diaryl/α,β-unsaturated/α-hetero) is 1. The third-order valence-corrected chi connectivity index (χ3v) is 3.56. The van der Waals surface area contributed by atoms with Crippen LogP contribution >= 0.6 is 0 Å². The average molecular weight is 231 g/mol. The Kier molecular flexibility index (Phi) is 3.63. The SMILES string of the molecule is Cc1cc(CCC[C@H](C)N)cc2c1CCC2=O. The lowest BCUT2D eigenvalue weighted by atomic mass is 9.97. The van der Waals surface area contributed by atoms with E-state index in [1.165, 1.54) is 16.7 Å². The van der Waals surface area contributed by atoms with Crippen molar-refractivity contribution < 1.29 is 4.79 Å². The first-order valence-electron chi connectivity index (χ1n) is 6.49. The Morgan fingerprint density at radius 1 is 1.35 bits per heavy atom. The van der Waals surface area contributed by atoms with Crippen molar-refractivity contribution in [1.29, 1.82) is 0 Å². The van der Waals surface area contributed by atoms with Crippen LogP contribution in [0.1, 0.15) is 53.2 Å². The molecule has 0 heterocycles. The normalized spacial score (nSPS) is 16.1. The number of hydrogen-bond donors (Lipinski definition) is 1. The lowest BCUT2D eigenvalue weighted by Gasteiger charge is -2.09. The predicted octanol–water partition coefficient (Wildman–Crippen LogP) is 2.79. The average Bonchev–Trinajstić information content (AvgIpc) is 2.61. The van der Waals surface area contributed by atoms with Gasteiger partial charge in [-0.05, 0) is 62.3 Å². The van der Waals surface area contributed by atoms with E-state index in [2.05, 4.69) is 19.1 Å². The predicted molar refractivity (Wildman–Crippen MR) is 70.4 cm³/mol. The summed E-state index contributed by atoms with van der Waals surface area (Å²) < 4.78 is 0. The Morgan fingerprint density at radius 2 is 2.12 bits per heavy atom. The zero-order valence-electron chi connectivity index (χ0n) is 10.8. The largest absolute Gasteiger partial charge is 0.328 e. The Labute approximate surface area is 103 Å². The smallest absolute Gasteiger partial charge is 0.163 e. The van der Waals surface area contributed by atoms with Gasteiger partial charge in [-0.3, -0.25) is 4.79 Å². The summed E-state index contributed by atoms with van der Waals surface area (Å²) in [6.45, 7) is 4.16. The molecule has 0 aliphatic heterocycles. The molecule has 0 radical (unpaired) electrons. The Hall–Kier alpha value is -1.15. The van der Waals surface area contributed by atoms with E-state index < -0.39 is 0 Å². The van der Waals surface area contributed by atoms with E-state index in [1.807, 2.05) is 6.92 Å². The Morgan fingerprint density at radius 3 is 2.82 bits per heavy atom. The highest BCUT2D eigenvalue weighted by Crippen LogP contribution is 2.27. The first kappa shape index (κ1) is 12.3. The summed E-state index contributed by atoms with van der Waals surface area (Å²) in [6.07, 6.45) is 4.80. The first-order chi connectivity index (χ1) is 8.08. The minimum Gasteiger partial charge on any atom is -0.328 e. The molecular weight excluding hydrogens is 210 g/mol. The van der Waals surface area contributed by atoms with Crippen molar-refractivity contribution in [3.8, 4) is 0 Å². The van der Waals surface area contributed by atoms with E-state index in [0.717, 1.165) is 31.2 Å². The van der Waals surface area contributed by atoms with Crippen molar-refractivity contribution in [3.63, 3.8) is 0 Å². The quantitative estimate of drug-likeness (QED) is 0.866. The molecular formula is C15H21NO. The summed E-state index contributed by atoms with van der Waals surface area (Å²) in [7, 11) is 0. The summed E-state index contributed by atoms with van der Waals surface area (Å²) in [5.74, 6) is 0.317. The van der Waals surface area contributed by atoms with Crippen molar-refractivity contribution in [2.45, 2.75) is 52.0 Å². The van der Waals surface area contributed by atoms with Crippen LogP contribution in [0, 0.1) is 6.92 Å².